The van der Waals surface area contributed by atoms with E-state index in [2.05, 4.69) is 10.6 Å². The Balaban J connectivity index is 1.18. The zero-order valence-corrected chi connectivity index (χ0v) is 21.8. The lowest BCUT2D eigenvalue weighted by Crippen LogP contribution is -2.59. The number of nitrogens with zero attached hydrogens (tertiary/aromatic N) is 2. The van der Waals surface area contributed by atoms with Gasteiger partial charge in [0, 0.05) is 17.6 Å². The molecule has 2 aromatic rings. The molecule has 8 heteroatoms. The van der Waals surface area contributed by atoms with Gasteiger partial charge >= 0.3 is 6.03 Å². The van der Waals surface area contributed by atoms with Crippen LogP contribution in [0.2, 0.25) is 5.02 Å². The van der Waals surface area contributed by atoms with Gasteiger partial charge in [-0.3, -0.25) is 14.8 Å². The van der Waals surface area contributed by atoms with Crippen LogP contribution in [0, 0.1) is 29.5 Å². The van der Waals surface area contributed by atoms with Crippen LogP contribution in [0.3, 0.4) is 0 Å². The summed E-state index contributed by atoms with van der Waals surface area (Å²) in [5, 5.41) is 9.93. The maximum Gasteiger partial charge on any atom is 0.315 e. The number of anilines is 1. The number of rotatable bonds is 5. The number of hydrogen-bond acceptors (Lipinski definition) is 3. The first-order valence-electron chi connectivity index (χ1n) is 13.6. The summed E-state index contributed by atoms with van der Waals surface area (Å²) >= 11 is 6.51. The summed E-state index contributed by atoms with van der Waals surface area (Å²) in [5.74, 6) is 2.07. The Kier molecular flexibility index (Phi) is 6.51. The van der Waals surface area contributed by atoms with Gasteiger partial charge in [0.15, 0.2) is 0 Å². The molecule has 0 aromatic heterocycles. The first kappa shape index (κ1) is 24.5. The fourth-order valence-corrected chi connectivity index (χ4v) is 7.92. The molecule has 6 nitrogen and oxygen atoms in total. The van der Waals surface area contributed by atoms with Crippen LogP contribution in [0.25, 0.3) is 0 Å². The van der Waals surface area contributed by atoms with Crippen molar-refractivity contribution >= 4 is 29.2 Å². The van der Waals surface area contributed by atoms with Crippen LogP contribution in [0.4, 0.5) is 14.9 Å². The van der Waals surface area contributed by atoms with Gasteiger partial charge in [-0.15, -0.1) is 0 Å². The summed E-state index contributed by atoms with van der Waals surface area (Å²) in [6, 6.07) is 12.7. The highest BCUT2D eigenvalue weighted by Crippen LogP contribution is 2.53. The van der Waals surface area contributed by atoms with Gasteiger partial charge in [0.1, 0.15) is 11.9 Å². The molecule has 37 heavy (non-hydrogen) atoms. The van der Waals surface area contributed by atoms with Crippen molar-refractivity contribution < 1.29 is 14.0 Å². The number of urea groups is 1. The van der Waals surface area contributed by atoms with Crippen molar-refractivity contribution in [2.75, 3.05) is 11.6 Å². The van der Waals surface area contributed by atoms with E-state index in [1.807, 2.05) is 18.2 Å². The van der Waals surface area contributed by atoms with Crippen LogP contribution in [-0.4, -0.2) is 35.6 Å². The van der Waals surface area contributed by atoms with E-state index in [4.69, 9.17) is 11.6 Å². The average molecular weight is 525 g/mol. The predicted octanol–water partition coefficient (Wildman–Crippen LogP) is 5.69. The van der Waals surface area contributed by atoms with Crippen molar-refractivity contribution in [1.29, 1.82) is 0 Å². The second kappa shape index (κ2) is 9.82. The van der Waals surface area contributed by atoms with Crippen molar-refractivity contribution in [3.63, 3.8) is 0 Å². The molecule has 1 aliphatic heterocycles. The minimum absolute atomic E-state index is 0.196. The lowest BCUT2D eigenvalue weighted by molar-refractivity contribution is -0.132. The van der Waals surface area contributed by atoms with Crippen LogP contribution in [0.1, 0.15) is 57.1 Å². The van der Waals surface area contributed by atoms with E-state index in [-0.39, 0.29) is 24.0 Å². The molecule has 0 spiro atoms. The van der Waals surface area contributed by atoms with Crippen molar-refractivity contribution in [2.45, 2.75) is 63.6 Å². The van der Waals surface area contributed by atoms with E-state index >= 15 is 0 Å². The number of carbonyl (C=O) groups is 2. The van der Waals surface area contributed by atoms with Crippen LogP contribution in [0.15, 0.2) is 48.5 Å². The maximum atomic E-state index is 15.0. The molecule has 5 aliphatic rings. The molecule has 2 N–H and O–H groups in total. The van der Waals surface area contributed by atoms with Gasteiger partial charge in [-0.25, -0.2) is 9.18 Å². The summed E-state index contributed by atoms with van der Waals surface area (Å²) in [7, 11) is 0. The van der Waals surface area contributed by atoms with Gasteiger partial charge in [-0.1, -0.05) is 41.9 Å². The van der Waals surface area contributed by atoms with Gasteiger partial charge in [0.2, 0.25) is 0 Å². The predicted molar refractivity (Wildman–Crippen MR) is 141 cm³/mol. The molecular formula is C29H34ClFN4O2. The molecule has 1 heterocycles. The number of para-hydroxylation sites is 1. The molecule has 7 rings (SSSR count). The van der Waals surface area contributed by atoms with E-state index in [0.29, 0.717) is 35.5 Å². The standard InChI is InChI=1S/C29H34ClFN4O2/c1-17(32-29(37)33-27-20-13-18-12-19(15-20)16-21(27)14-18)28(36)34-11-10-25(22-6-2-3-7-23(22)30)35(34)26-9-5-4-8-24(26)31/h2-9,17-21,25,27H,10-16H2,1H3,(H2,32,33,37)/t17-,18?,19?,20?,21?,25?,27?/m0/s1. The molecule has 2 aromatic carbocycles. The number of hydrogen-bond donors (Lipinski definition) is 2. The Hall–Kier alpha value is -2.80. The second-order valence-electron chi connectivity index (χ2n) is 11.4. The van der Waals surface area contributed by atoms with E-state index in [0.717, 1.165) is 17.4 Å². The monoisotopic (exact) mass is 524 g/mol. The molecule has 4 bridgehead atoms. The van der Waals surface area contributed by atoms with Crippen molar-refractivity contribution in [1.82, 2.24) is 15.6 Å². The molecule has 3 amide bonds. The topological polar surface area (TPSA) is 64.7 Å². The molecule has 5 fully saturated rings. The lowest BCUT2D eigenvalue weighted by atomic mass is 9.54. The normalized spacial score (nSPS) is 30.9. The highest BCUT2D eigenvalue weighted by molar-refractivity contribution is 6.31. The van der Waals surface area contributed by atoms with Crippen LogP contribution < -0.4 is 15.6 Å². The van der Waals surface area contributed by atoms with E-state index in [1.54, 1.807) is 41.2 Å². The highest BCUT2D eigenvalue weighted by Gasteiger charge is 2.49. The zero-order chi connectivity index (χ0) is 25.7. The van der Waals surface area contributed by atoms with E-state index in [9.17, 15) is 14.0 Å². The number of hydrazine groups is 1. The third kappa shape index (κ3) is 4.56. The van der Waals surface area contributed by atoms with Crippen LogP contribution in [0.5, 0.6) is 0 Å². The van der Waals surface area contributed by atoms with Crippen molar-refractivity contribution in [3.05, 3.63) is 64.9 Å². The molecule has 0 radical (unpaired) electrons. The van der Waals surface area contributed by atoms with Crippen LogP contribution >= 0.6 is 11.6 Å². The Morgan fingerprint density at radius 1 is 0.973 bits per heavy atom. The lowest BCUT2D eigenvalue weighted by Gasteiger charge is -2.54. The van der Waals surface area contributed by atoms with E-state index in [1.165, 1.54) is 38.2 Å². The molecular weight excluding hydrogens is 491 g/mol. The minimum Gasteiger partial charge on any atom is -0.335 e. The Bertz CT molecular complexity index is 1160. The fraction of sp³-hybridized carbons (Fsp3) is 0.517. The average Bonchev–Trinajstić information content (AvgIpc) is 3.30. The Morgan fingerprint density at radius 2 is 1.62 bits per heavy atom. The number of carbonyl (C=O) groups excluding carboxylic acids is 2. The number of amides is 3. The van der Waals surface area contributed by atoms with Crippen molar-refractivity contribution in [2.24, 2.45) is 23.7 Å². The van der Waals surface area contributed by atoms with E-state index < -0.39 is 11.9 Å². The molecule has 4 saturated carbocycles. The van der Waals surface area contributed by atoms with Gasteiger partial charge < -0.3 is 10.6 Å². The van der Waals surface area contributed by atoms with Gasteiger partial charge in [0.05, 0.1) is 11.7 Å². The summed E-state index contributed by atoms with van der Waals surface area (Å²) in [5.41, 5.74) is 1.14. The number of nitrogens with one attached hydrogen (secondary N) is 2. The number of halogens is 2. The SMILES string of the molecule is C[C@H](NC(=O)NC1C2CC3CC(C2)CC1C3)C(=O)N1CCC(c2ccccc2Cl)N1c1ccccc1F. The van der Waals surface area contributed by atoms with Gasteiger partial charge in [-0.05, 0) is 92.9 Å². The first-order chi connectivity index (χ1) is 17.9. The highest BCUT2D eigenvalue weighted by atomic mass is 35.5. The summed E-state index contributed by atoms with van der Waals surface area (Å²) in [6.45, 7) is 2.09. The molecule has 1 unspecified atom stereocenters. The maximum absolute atomic E-state index is 15.0. The fourth-order valence-electron chi connectivity index (χ4n) is 7.66. The Morgan fingerprint density at radius 3 is 2.30 bits per heavy atom. The minimum atomic E-state index is -0.767. The molecule has 2 atom stereocenters. The largest absolute Gasteiger partial charge is 0.335 e. The van der Waals surface area contributed by atoms with Crippen LogP contribution in [-0.2, 0) is 4.79 Å². The molecule has 196 valence electrons. The summed E-state index contributed by atoms with van der Waals surface area (Å²) < 4.78 is 15.0. The summed E-state index contributed by atoms with van der Waals surface area (Å²) in [4.78, 5) is 26.7. The zero-order valence-electron chi connectivity index (χ0n) is 21.1. The molecule has 4 aliphatic carbocycles. The Labute approximate surface area is 222 Å². The van der Waals surface area contributed by atoms with Crippen molar-refractivity contribution in [3.8, 4) is 0 Å². The quantitative estimate of drug-likeness (QED) is 0.528. The summed E-state index contributed by atoms with van der Waals surface area (Å²) in [6.07, 6.45) is 6.79. The smallest absolute Gasteiger partial charge is 0.315 e. The number of benzene rings is 2. The first-order valence-corrected chi connectivity index (χ1v) is 13.9. The third-order valence-corrected chi connectivity index (χ3v) is 9.37. The molecule has 1 saturated heterocycles. The third-order valence-electron chi connectivity index (χ3n) is 9.03. The van der Waals surface area contributed by atoms with Gasteiger partial charge in [0.25, 0.3) is 5.91 Å². The second-order valence-corrected chi connectivity index (χ2v) is 11.8. The van der Waals surface area contributed by atoms with Gasteiger partial charge in [-0.2, -0.15) is 0 Å².